The summed E-state index contributed by atoms with van der Waals surface area (Å²) in [6.07, 6.45) is 7.98. The van der Waals surface area contributed by atoms with E-state index in [9.17, 15) is 0 Å². The highest BCUT2D eigenvalue weighted by Crippen LogP contribution is 2.41. The molecule has 8 aromatic carbocycles. The molecule has 1 aliphatic carbocycles. The van der Waals surface area contributed by atoms with Gasteiger partial charge in [-0.25, -0.2) is 0 Å². The number of hydrogen-bond donors (Lipinski definition) is 0. The quantitative estimate of drug-likeness (QED) is 0.161. The van der Waals surface area contributed by atoms with Gasteiger partial charge in [-0.15, -0.1) is 0 Å². The molecule has 0 saturated carbocycles. The van der Waals surface area contributed by atoms with E-state index in [-0.39, 0.29) is 0 Å². The van der Waals surface area contributed by atoms with Gasteiger partial charge in [-0.3, -0.25) is 0 Å². The predicted octanol–water partition coefficient (Wildman–Crippen LogP) is 14.6. The summed E-state index contributed by atoms with van der Waals surface area (Å²) in [7, 11) is 0. The third-order valence-corrected chi connectivity index (χ3v) is 11.6. The maximum atomic E-state index is 2.46. The topological polar surface area (TPSA) is 9.86 Å². The summed E-state index contributed by atoms with van der Waals surface area (Å²) >= 11 is 0. The van der Waals surface area contributed by atoms with Gasteiger partial charge < -0.3 is 9.13 Å². The lowest BCUT2D eigenvalue weighted by atomic mass is 9.99. The van der Waals surface area contributed by atoms with Gasteiger partial charge in [0.05, 0.1) is 22.1 Å². The van der Waals surface area contributed by atoms with Crippen molar-refractivity contribution < 1.29 is 0 Å². The number of hydrogen-bond acceptors (Lipinski definition) is 0. The van der Waals surface area contributed by atoms with E-state index in [4.69, 9.17) is 0 Å². The third-order valence-electron chi connectivity index (χ3n) is 11.6. The summed E-state index contributed by atoms with van der Waals surface area (Å²) in [4.78, 5) is 0. The van der Waals surface area contributed by atoms with Crippen molar-refractivity contribution in [2.75, 3.05) is 0 Å². The minimum Gasteiger partial charge on any atom is -0.309 e. The highest BCUT2D eigenvalue weighted by Gasteiger charge is 2.19. The van der Waals surface area contributed by atoms with Crippen LogP contribution < -0.4 is 0 Å². The first-order valence-corrected chi connectivity index (χ1v) is 19.7. The van der Waals surface area contributed by atoms with E-state index in [1.807, 2.05) is 0 Å². The SMILES string of the molecule is C1=C(c2ccccc2)C=C(n2c3ccccc3c3cc(-c4ccc5c(c4)c4ccc(-c6ccccc6)cc4n5-c4ccccc4)ccc32)C=C(c2ccccc2)C1. The van der Waals surface area contributed by atoms with Gasteiger partial charge in [-0.2, -0.15) is 0 Å². The van der Waals surface area contributed by atoms with Crippen LogP contribution in [0.25, 0.3) is 88.4 Å². The Morgan fingerprint density at radius 1 is 0.316 bits per heavy atom. The Hall–Kier alpha value is -7.42. The van der Waals surface area contributed by atoms with Gasteiger partial charge in [0, 0.05) is 32.9 Å². The van der Waals surface area contributed by atoms with Gasteiger partial charge in [-0.05, 0) is 112 Å². The summed E-state index contributed by atoms with van der Waals surface area (Å²) in [6, 6.07) is 72.7. The number of nitrogens with zero attached hydrogens (tertiary/aromatic N) is 2. The average molecular weight is 727 g/mol. The highest BCUT2D eigenvalue weighted by molar-refractivity contribution is 6.14. The van der Waals surface area contributed by atoms with Crippen LogP contribution in [-0.4, -0.2) is 9.13 Å². The van der Waals surface area contributed by atoms with Crippen LogP contribution >= 0.6 is 0 Å². The Labute approximate surface area is 332 Å². The molecule has 11 rings (SSSR count). The second-order valence-electron chi connectivity index (χ2n) is 14.9. The average Bonchev–Trinajstić information content (AvgIpc) is 3.69. The van der Waals surface area contributed by atoms with Gasteiger partial charge >= 0.3 is 0 Å². The van der Waals surface area contributed by atoms with Crippen molar-refractivity contribution in [3.05, 3.63) is 230 Å². The molecule has 2 aromatic heterocycles. The summed E-state index contributed by atoms with van der Waals surface area (Å²) in [5.74, 6) is 0. The van der Waals surface area contributed by atoms with Gasteiger partial charge in [0.15, 0.2) is 0 Å². The van der Waals surface area contributed by atoms with Crippen LogP contribution in [0.15, 0.2) is 218 Å². The number of benzene rings is 8. The lowest BCUT2D eigenvalue weighted by Crippen LogP contribution is -1.96. The molecule has 0 amide bonds. The largest absolute Gasteiger partial charge is 0.309 e. The van der Waals surface area contributed by atoms with Crippen LogP contribution in [0.2, 0.25) is 0 Å². The summed E-state index contributed by atoms with van der Waals surface area (Å²) < 4.78 is 4.87. The molecule has 0 unspecified atom stereocenters. The van der Waals surface area contributed by atoms with Crippen molar-refractivity contribution in [2.45, 2.75) is 6.42 Å². The fourth-order valence-corrected chi connectivity index (χ4v) is 8.83. The maximum absolute atomic E-state index is 2.46. The number of allylic oxidation sites excluding steroid dienone is 6. The number of fused-ring (bicyclic) bond motifs is 6. The van der Waals surface area contributed by atoms with Crippen molar-refractivity contribution in [1.82, 2.24) is 9.13 Å². The minimum atomic E-state index is 0.853. The van der Waals surface area contributed by atoms with E-state index in [1.165, 1.54) is 88.1 Å². The molecule has 268 valence electrons. The molecule has 57 heavy (non-hydrogen) atoms. The first kappa shape index (κ1) is 33.0. The first-order valence-electron chi connectivity index (χ1n) is 19.7. The van der Waals surface area contributed by atoms with E-state index in [0.717, 1.165) is 17.8 Å². The van der Waals surface area contributed by atoms with Crippen molar-refractivity contribution >= 4 is 60.5 Å². The molecule has 1 aliphatic rings. The van der Waals surface area contributed by atoms with Gasteiger partial charge in [0.2, 0.25) is 0 Å². The van der Waals surface area contributed by atoms with Crippen LogP contribution in [-0.2, 0) is 0 Å². The molecule has 0 radical (unpaired) electrons. The van der Waals surface area contributed by atoms with Crippen molar-refractivity contribution in [3.8, 4) is 27.9 Å². The van der Waals surface area contributed by atoms with E-state index in [0.29, 0.717) is 0 Å². The Balaban J connectivity index is 1.09. The minimum absolute atomic E-state index is 0.853. The summed E-state index contributed by atoms with van der Waals surface area (Å²) in [5.41, 5.74) is 17.0. The van der Waals surface area contributed by atoms with Crippen LogP contribution in [0.3, 0.4) is 0 Å². The number of para-hydroxylation sites is 2. The Morgan fingerprint density at radius 2 is 0.825 bits per heavy atom. The molecule has 2 heteroatoms. The second-order valence-corrected chi connectivity index (χ2v) is 14.9. The molecule has 0 N–H and O–H groups in total. The Kier molecular flexibility index (Phi) is 7.93. The molecule has 0 atom stereocenters. The van der Waals surface area contributed by atoms with Crippen molar-refractivity contribution in [1.29, 1.82) is 0 Å². The lowest BCUT2D eigenvalue weighted by Gasteiger charge is -2.12. The Morgan fingerprint density at radius 3 is 1.51 bits per heavy atom. The second kappa shape index (κ2) is 13.7. The fourth-order valence-electron chi connectivity index (χ4n) is 8.83. The van der Waals surface area contributed by atoms with Crippen LogP contribution in [0.4, 0.5) is 0 Å². The normalized spacial score (nSPS) is 13.2. The number of rotatable bonds is 6. The zero-order chi connectivity index (χ0) is 37.7. The number of aromatic nitrogens is 2. The standard InChI is InChI=1S/C55H38N2/c1-5-15-38(16-6-1)41-25-26-42(39-17-7-2-8-18-39)34-47(33-41)57-52-24-14-13-23-48(52)50-35-43(29-32-54(50)57)44-28-31-53-51(36-44)49-30-27-45(40-19-9-3-10-20-40)37-55(49)56(53)46-21-11-4-12-22-46/h1-25,27-37H,26H2. The van der Waals surface area contributed by atoms with E-state index in [2.05, 4.69) is 228 Å². The summed E-state index contributed by atoms with van der Waals surface area (Å²) in [5, 5.41) is 4.98. The van der Waals surface area contributed by atoms with Crippen LogP contribution in [0, 0.1) is 0 Å². The fraction of sp³-hybridized carbons (Fsp3) is 0.0182. The zero-order valence-electron chi connectivity index (χ0n) is 31.4. The molecule has 2 nitrogen and oxygen atoms in total. The third kappa shape index (κ3) is 5.73. The molecular formula is C55H38N2. The molecule has 0 saturated heterocycles. The maximum Gasteiger partial charge on any atom is 0.0547 e. The van der Waals surface area contributed by atoms with Crippen molar-refractivity contribution in [3.63, 3.8) is 0 Å². The van der Waals surface area contributed by atoms with Gasteiger partial charge in [0.25, 0.3) is 0 Å². The van der Waals surface area contributed by atoms with Crippen LogP contribution in [0.5, 0.6) is 0 Å². The van der Waals surface area contributed by atoms with E-state index in [1.54, 1.807) is 0 Å². The van der Waals surface area contributed by atoms with Gasteiger partial charge in [-0.1, -0.05) is 158 Å². The molecule has 0 fully saturated rings. The zero-order valence-corrected chi connectivity index (χ0v) is 31.4. The van der Waals surface area contributed by atoms with E-state index < -0.39 is 0 Å². The lowest BCUT2D eigenvalue weighted by molar-refractivity contribution is 1.18. The van der Waals surface area contributed by atoms with E-state index >= 15 is 0 Å². The molecule has 0 spiro atoms. The smallest absolute Gasteiger partial charge is 0.0547 e. The molecular weight excluding hydrogens is 689 g/mol. The Bertz CT molecular complexity index is 3210. The predicted molar refractivity (Wildman–Crippen MR) is 242 cm³/mol. The summed E-state index contributed by atoms with van der Waals surface area (Å²) in [6.45, 7) is 0. The molecule has 0 bridgehead atoms. The highest BCUT2D eigenvalue weighted by atomic mass is 15.0. The molecule has 2 heterocycles. The van der Waals surface area contributed by atoms with Gasteiger partial charge in [0.1, 0.15) is 0 Å². The monoisotopic (exact) mass is 726 g/mol. The van der Waals surface area contributed by atoms with Crippen molar-refractivity contribution in [2.24, 2.45) is 0 Å². The van der Waals surface area contributed by atoms with Crippen LogP contribution in [0.1, 0.15) is 17.5 Å². The molecule has 10 aromatic rings. The molecule has 0 aliphatic heterocycles. The first-order chi connectivity index (χ1) is 28.3.